The lowest BCUT2D eigenvalue weighted by atomic mass is 10.2. The molecule has 0 bridgehead atoms. The van der Waals surface area contributed by atoms with Crippen molar-refractivity contribution in [1.82, 2.24) is 14.0 Å². The fourth-order valence-corrected chi connectivity index (χ4v) is 3.11. The third-order valence-electron chi connectivity index (χ3n) is 4.51. The highest BCUT2D eigenvalue weighted by Gasteiger charge is 2.14. The zero-order valence-electron chi connectivity index (χ0n) is 14.4. The normalized spacial score (nSPS) is 11.0. The van der Waals surface area contributed by atoms with Gasteiger partial charge in [0.25, 0.3) is 5.56 Å². The van der Waals surface area contributed by atoms with Gasteiger partial charge in [-0.3, -0.25) is 14.6 Å². The van der Waals surface area contributed by atoms with Crippen LogP contribution in [-0.2, 0) is 6.54 Å². The molecule has 0 radical (unpaired) electrons. The summed E-state index contributed by atoms with van der Waals surface area (Å²) in [5.41, 5.74) is 2.10. The predicted octanol–water partition coefficient (Wildman–Crippen LogP) is 2.50. The number of aromatic nitrogens is 3. The van der Waals surface area contributed by atoms with E-state index in [0.717, 1.165) is 11.1 Å². The molecule has 0 saturated carbocycles. The second kappa shape index (κ2) is 6.18. The van der Waals surface area contributed by atoms with Gasteiger partial charge in [0.2, 0.25) is 0 Å². The third kappa shape index (κ3) is 2.68. The van der Waals surface area contributed by atoms with E-state index < -0.39 is 0 Å². The van der Waals surface area contributed by atoms with Crippen molar-refractivity contribution in [3.8, 4) is 6.07 Å². The molecule has 3 aromatic heterocycles. The van der Waals surface area contributed by atoms with Crippen LogP contribution >= 0.6 is 0 Å². The van der Waals surface area contributed by atoms with Crippen LogP contribution in [-0.4, -0.2) is 14.0 Å². The average molecular weight is 359 g/mol. The van der Waals surface area contributed by atoms with Crippen LogP contribution in [0, 0.1) is 29.5 Å². The molecule has 0 aliphatic carbocycles. The number of hydrogen-bond acceptors (Lipinski definition) is 4. The first-order valence-corrected chi connectivity index (χ1v) is 8.24. The Hall–Kier alpha value is -3.79. The van der Waals surface area contributed by atoms with Gasteiger partial charge in [0.15, 0.2) is 0 Å². The standard InChI is InChI=1S/C20H14FN5O/c1-12-3-2-8-25-18(12)24-19-16(20(25)27)9-14(10-22)17(23)26(19)11-13-4-6-15(21)7-5-13/h2-9,23H,11H2,1H3. The Balaban J connectivity index is 2.11. The van der Waals surface area contributed by atoms with Gasteiger partial charge in [0.05, 0.1) is 17.5 Å². The zero-order valence-corrected chi connectivity index (χ0v) is 14.4. The molecule has 27 heavy (non-hydrogen) atoms. The Morgan fingerprint density at radius 1 is 1.22 bits per heavy atom. The molecule has 0 saturated heterocycles. The number of fused-ring (bicyclic) bond motifs is 2. The number of nitriles is 1. The summed E-state index contributed by atoms with van der Waals surface area (Å²) in [4.78, 5) is 17.6. The lowest BCUT2D eigenvalue weighted by Crippen LogP contribution is -2.28. The summed E-state index contributed by atoms with van der Waals surface area (Å²) < 4.78 is 16.1. The molecule has 0 aliphatic rings. The second-order valence-corrected chi connectivity index (χ2v) is 6.27. The minimum atomic E-state index is -0.358. The topological polar surface area (TPSA) is 86.9 Å². The van der Waals surface area contributed by atoms with Gasteiger partial charge >= 0.3 is 0 Å². The summed E-state index contributed by atoms with van der Waals surface area (Å²) >= 11 is 0. The monoisotopic (exact) mass is 359 g/mol. The van der Waals surface area contributed by atoms with Crippen LogP contribution in [0.15, 0.2) is 53.5 Å². The van der Waals surface area contributed by atoms with E-state index in [1.54, 1.807) is 24.4 Å². The summed E-state index contributed by atoms with van der Waals surface area (Å²) in [6.45, 7) is 2.04. The molecular formula is C20H14FN5O. The van der Waals surface area contributed by atoms with Crippen molar-refractivity contribution in [2.45, 2.75) is 13.5 Å². The number of benzene rings is 1. The van der Waals surface area contributed by atoms with Gasteiger partial charge < -0.3 is 4.57 Å². The number of pyridine rings is 2. The molecule has 0 aliphatic heterocycles. The van der Waals surface area contributed by atoms with Crippen LogP contribution in [0.2, 0.25) is 0 Å². The van der Waals surface area contributed by atoms with Gasteiger partial charge in [-0.05, 0) is 42.3 Å². The number of rotatable bonds is 2. The lowest BCUT2D eigenvalue weighted by Gasteiger charge is -2.13. The third-order valence-corrected chi connectivity index (χ3v) is 4.51. The van der Waals surface area contributed by atoms with Crippen LogP contribution in [0.25, 0.3) is 16.7 Å². The highest BCUT2D eigenvalue weighted by molar-refractivity contribution is 5.78. The quantitative estimate of drug-likeness (QED) is 0.558. The molecule has 0 fully saturated rings. The summed E-state index contributed by atoms with van der Waals surface area (Å²) in [6.07, 6.45) is 1.63. The van der Waals surface area contributed by atoms with Gasteiger partial charge in [-0.25, -0.2) is 9.37 Å². The van der Waals surface area contributed by atoms with E-state index in [-0.39, 0.29) is 34.4 Å². The average Bonchev–Trinajstić information content (AvgIpc) is 2.67. The van der Waals surface area contributed by atoms with Crippen molar-refractivity contribution in [3.05, 3.63) is 87.0 Å². The van der Waals surface area contributed by atoms with Crippen LogP contribution in [0.5, 0.6) is 0 Å². The van der Waals surface area contributed by atoms with Gasteiger partial charge in [-0.1, -0.05) is 18.2 Å². The smallest absolute Gasteiger partial charge is 0.267 e. The van der Waals surface area contributed by atoms with Crippen molar-refractivity contribution < 1.29 is 4.39 Å². The van der Waals surface area contributed by atoms with Crippen LogP contribution < -0.4 is 11.0 Å². The Bertz CT molecular complexity index is 1360. The van der Waals surface area contributed by atoms with Crippen molar-refractivity contribution in [3.63, 3.8) is 0 Å². The van der Waals surface area contributed by atoms with E-state index in [0.29, 0.717) is 11.3 Å². The van der Waals surface area contributed by atoms with Gasteiger partial charge in [-0.2, -0.15) is 5.26 Å². The van der Waals surface area contributed by atoms with Crippen molar-refractivity contribution >= 4 is 16.7 Å². The van der Waals surface area contributed by atoms with Crippen LogP contribution in [0.3, 0.4) is 0 Å². The highest BCUT2D eigenvalue weighted by Crippen LogP contribution is 2.14. The maximum atomic E-state index is 13.2. The molecule has 0 atom stereocenters. The van der Waals surface area contributed by atoms with Gasteiger partial charge in [-0.15, -0.1) is 0 Å². The van der Waals surface area contributed by atoms with E-state index in [9.17, 15) is 14.4 Å². The number of nitrogens with zero attached hydrogens (tertiary/aromatic N) is 4. The SMILES string of the molecule is Cc1cccn2c(=O)c3cc(C#N)c(=N)n(Cc4ccc(F)cc4)c3nc12. The molecule has 7 heteroatoms. The Kier molecular flexibility index (Phi) is 3.81. The summed E-state index contributed by atoms with van der Waals surface area (Å²) in [7, 11) is 0. The summed E-state index contributed by atoms with van der Waals surface area (Å²) in [6, 6.07) is 12.8. The maximum absolute atomic E-state index is 13.2. The minimum Gasteiger partial charge on any atom is -0.305 e. The molecule has 0 unspecified atom stereocenters. The molecule has 1 N–H and O–H groups in total. The first-order valence-electron chi connectivity index (χ1n) is 8.24. The fraction of sp³-hybridized carbons (Fsp3) is 0.100. The van der Waals surface area contributed by atoms with E-state index >= 15 is 0 Å². The van der Waals surface area contributed by atoms with Crippen molar-refractivity contribution in [2.75, 3.05) is 0 Å². The number of halogens is 1. The number of nitrogens with one attached hydrogen (secondary N) is 1. The fourth-order valence-electron chi connectivity index (χ4n) is 3.11. The highest BCUT2D eigenvalue weighted by atomic mass is 19.1. The Morgan fingerprint density at radius 3 is 2.67 bits per heavy atom. The maximum Gasteiger partial charge on any atom is 0.267 e. The molecule has 4 rings (SSSR count). The first-order chi connectivity index (χ1) is 13.0. The molecule has 1 aromatic carbocycles. The molecule has 4 aromatic rings. The molecule has 6 nitrogen and oxygen atoms in total. The van der Waals surface area contributed by atoms with Crippen LogP contribution in [0.1, 0.15) is 16.7 Å². The first kappa shape index (κ1) is 16.7. The van der Waals surface area contributed by atoms with E-state index in [1.807, 2.05) is 19.1 Å². The van der Waals surface area contributed by atoms with Crippen molar-refractivity contribution in [1.29, 1.82) is 10.7 Å². The minimum absolute atomic E-state index is 0.0424. The van der Waals surface area contributed by atoms with E-state index in [2.05, 4.69) is 4.98 Å². The molecule has 3 heterocycles. The lowest BCUT2D eigenvalue weighted by molar-refractivity contribution is 0.626. The van der Waals surface area contributed by atoms with E-state index in [1.165, 1.54) is 27.2 Å². The molecule has 0 amide bonds. The van der Waals surface area contributed by atoms with Gasteiger partial charge in [0.1, 0.15) is 28.7 Å². The van der Waals surface area contributed by atoms with Crippen LogP contribution in [0.4, 0.5) is 4.39 Å². The van der Waals surface area contributed by atoms with Gasteiger partial charge in [0, 0.05) is 6.20 Å². The Morgan fingerprint density at radius 2 is 1.96 bits per heavy atom. The molecular weight excluding hydrogens is 345 g/mol. The number of aryl methyl sites for hydroxylation is 1. The van der Waals surface area contributed by atoms with Crippen molar-refractivity contribution in [2.24, 2.45) is 0 Å². The Labute approximate surface area is 152 Å². The van der Waals surface area contributed by atoms with E-state index in [4.69, 9.17) is 5.41 Å². The largest absolute Gasteiger partial charge is 0.305 e. The molecule has 132 valence electrons. The second-order valence-electron chi connectivity index (χ2n) is 6.27. The summed E-state index contributed by atoms with van der Waals surface area (Å²) in [5, 5.41) is 18.0. The summed E-state index contributed by atoms with van der Waals surface area (Å²) in [5.74, 6) is -0.358. The predicted molar refractivity (Wildman–Crippen MR) is 97.8 cm³/mol. The zero-order chi connectivity index (χ0) is 19.1. The number of hydrogen-bond donors (Lipinski definition) is 1. The molecule has 0 spiro atoms.